The van der Waals surface area contributed by atoms with E-state index in [0.717, 1.165) is 25.9 Å². The van der Waals surface area contributed by atoms with Crippen LogP contribution in [0.2, 0.25) is 0 Å². The fourth-order valence-electron chi connectivity index (χ4n) is 1.48. The number of hydrogen-bond acceptors (Lipinski definition) is 3. The van der Waals surface area contributed by atoms with Gasteiger partial charge in [0.15, 0.2) is 6.29 Å². The van der Waals surface area contributed by atoms with Gasteiger partial charge in [-0.2, -0.15) is 0 Å². The summed E-state index contributed by atoms with van der Waals surface area (Å²) in [6.07, 6.45) is 3.40. The molecule has 1 fully saturated rings. The molecule has 3 heteroatoms. The van der Waals surface area contributed by atoms with Gasteiger partial charge in [0.1, 0.15) is 0 Å². The molecule has 0 aromatic rings. The van der Waals surface area contributed by atoms with E-state index in [2.05, 4.69) is 0 Å². The summed E-state index contributed by atoms with van der Waals surface area (Å²) in [6.45, 7) is 4.64. The molecule has 1 N–H and O–H groups in total. The zero-order chi connectivity index (χ0) is 9.68. The third-order valence-corrected chi connectivity index (χ3v) is 2.46. The van der Waals surface area contributed by atoms with Crippen LogP contribution in [0.3, 0.4) is 0 Å². The maximum absolute atomic E-state index is 9.48. The molecule has 0 aromatic heterocycles. The van der Waals surface area contributed by atoms with Crippen molar-refractivity contribution in [2.24, 2.45) is 0 Å². The summed E-state index contributed by atoms with van der Waals surface area (Å²) in [7, 11) is 0. The minimum Gasteiger partial charge on any atom is -0.390 e. The van der Waals surface area contributed by atoms with Gasteiger partial charge in [-0.15, -0.1) is 0 Å². The van der Waals surface area contributed by atoms with Crippen molar-refractivity contribution >= 4 is 0 Å². The Labute approximate surface area is 80.0 Å². The summed E-state index contributed by atoms with van der Waals surface area (Å²) in [4.78, 5) is 0. The van der Waals surface area contributed by atoms with Gasteiger partial charge in [0, 0.05) is 6.61 Å². The largest absolute Gasteiger partial charge is 0.390 e. The van der Waals surface area contributed by atoms with Crippen LogP contribution in [0.15, 0.2) is 0 Å². The van der Waals surface area contributed by atoms with Gasteiger partial charge in [0.2, 0.25) is 0 Å². The number of hydrogen-bond donors (Lipinski definition) is 1. The van der Waals surface area contributed by atoms with Crippen molar-refractivity contribution in [2.45, 2.75) is 58.0 Å². The molecule has 1 saturated heterocycles. The molecule has 3 nitrogen and oxygen atoms in total. The average Bonchev–Trinajstić information content (AvgIpc) is 2.18. The van der Waals surface area contributed by atoms with E-state index in [-0.39, 0.29) is 18.5 Å². The maximum Gasteiger partial charge on any atom is 0.158 e. The lowest BCUT2D eigenvalue weighted by atomic mass is 10.1. The molecule has 1 rings (SSSR count). The van der Waals surface area contributed by atoms with Crippen molar-refractivity contribution in [1.29, 1.82) is 0 Å². The Morgan fingerprint density at radius 3 is 2.85 bits per heavy atom. The van der Waals surface area contributed by atoms with Crippen molar-refractivity contribution in [3.63, 3.8) is 0 Å². The maximum atomic E-state index is 9.48. The molecule has 1 aliphatic rings. The molecule has 13 heavy (non-hydrogen) atoms. The molecule has 3 atom stereocenters. The quantitative estimate of drug-likeness (QED) is 0.729. The number of aliphatic hydroxyl groups excluding tert-OH is 1. The van der Waals surface area contributed by atoms with Crippen LogP contribution in [0.25, 0.3) is 0 Å². The van der Waals surface area contributed by atoms with Gasteiger partial charge in [-0.05, 0) is 32.6 Å². The van der Waals surface area contributed by atoms with Crippen LogP contribution < -0.4 is 0 Å². The lowest BCUT2D eigenvalue weighted by Gasteiger charge is -2.27. The lowest BCUT2D eigenvalue weighted by molar-refractivity contribution is -0.202. The second kappa shape index (κ2) is 5.58. The van der Waals surface area contributed by atoms with Gasteiger partial charge in [-0.1, -0.05) is 6.92 Å². The highest BCUT2D eigenvalue weighted by Crippen LogP contribution is 2.16. The molecule has 3 unspecified atom stereocenters. The molecule has 0 aliphatic carbocycles. The fraction of sp³-hybridized carbons (Fsp3) is 1.00. The van der Waals surface area contributed by atoms with Crippen molar-refractivity contribution in [1.82, 2.24) is 0 Å². The molecule has 1 aliphatic heterocycles. The third kappa shape index (κ3) is 3.63. The van der Waals surface area contributed by atoms with Gasteiger partial charge in [0.05, 0.1) is 12.2 Å². The van der Waals surface area contributed by atoms with Gasteiger partial charge < -0.3 is 14.6 Å². The standard InChI is InChI=1S/C10H20O3/c1-3-9(11)8(2)13-10-6-4-5-7-12-10/h8-11H,3-7H2,1-2H3. The van der Waals surface area contributed by atoms with Crippen LogP contribution in [0.1, 0.15) is 39.5 Å². The summed E-state index contributed by atoms with van der Waals surface area (Å²) in [5.41, 5.74) is 0. The van der Waals surface area contributed by atoms with Crippen LogP contribution in [-0.4, -0.2) is 30.2 Å². The number of aliphatic hydroxyl groups is 1. The third-order valence-electron chi connectivity index (χ3n) is 2.46. The predicted molar refractivity (Wildman–Crippen MR) is 50.4 cm³/mol. The van der Waals surface area contributed by atoms with Crippen molar-refractivity contribution < 1.29 is 14.6 Å². The highest BCUT2D eigenvalue weighted by molar-refractivity contribution is 4.64. The Morgan fingerprint density at radius 1 is 1.54 bits per heavy atom. The molecule has 0 radical (unpaired) electrons. The van der Waals surface area contributed by atoms with Crippen LogP contribution in [-0.2, 0) is 9.47 Å². The zero-order valence-electron chi connectivity index (χ0n) is 8.53. The van der Waals surface area contributed by atoms with E-state index in [1.54, 1.807) is 0 Å². The average molecular weight is 188 g/mol. The molecule has 0 amide bonds. The summed E-state index contributed by atoms with van der Waals surface area (Å²) in [5.74, 6) is 0. The molecule has 0 aromatic carbocycles. The Hall–Kier alpha value is -0.120. The summed E-state index contributed by atoms with van der Waals surface area (Å²) in [6, 6.07) is 0. The van der Waals surface area contributed by atoms with Crippen LogP contribution >= 0.6 is 0 Å². The first-order chi connectivity index (χ1) is 6.24. The van der Waals surface area contributed by atoms with Gasteiger partial charge in [0.25, 0.3) is 0 Å². The van der Waals surface area contributed by atoms with E-state index in [1.807, 2.05) is 13.8 Å². The normalized spacial score (nSPS) is 28.4. The summed E-state index contributed by atoms with van der Waals surface area (Å²) < 4.78 is 11.0. The Balaban J connectivity index is 2.21. The van der Waals surface area contributed by atoms with Crippen LogP contribution in [0, 0.1) is 0 Å². The molecular formula is C10H20O3. The van der Waals surface area contributed by atoms with E-state index < -0.39 is 0 Å². The fourth-order valence-corrected chi connectivity index (χ4v) is 1.48. The number of rotatable bonds is 4. The van der Waals surface area contributed by atoms with Crippen molar-refractivity contribution in [3.05, 3.63) is 0 Å². The lowest BCUT2D eigenvalue weighted by Crippen LogP contribution is -2.33. The first-order valence-electron chi connectivity index (χ1n) is 5.19. The predicted octanol–water partition coefficient (Wildman–Crippen LogP) is 1.69. The smallest absolute Gasteiger partial charge is 0.158 e. The van der Waals surface area contributed by atoms with E-state index in [1.165, 1.54) is 6.42 Å². The van der Waals surface area contributed by atoms with Crippen LogP contribution in [0.5, 0.6) is 0 Å². The van der Waals surface area contributed by atoms with E-state index in [9.17, 15) is 5.11 Å². The number of ether oxygens (including phenoxy) is 2. The SMILES string of the molecule is CCC(O)C(C)OC1CCCCO1. The Bertz CT molecular complexity index is 132. The zero-order valence-corrected chi connectivity index (χ0v) is 8.53. The van der Waals surface area contributed by atoms with E-state index in [4.69, 9.17) is 9.47 Å². The minimum absolute atomic E-state index is 0.0926. The topological polar surface area (TPSA) is 38.7 Å². The molecule has 1 heterocycles. The molecule has 0 spiro atoms. The second-order valence-corrected chi connectivity index (χ2v) is 3.61. The van der Waals surface area contributed by atoms with Gasteiger partial charge in [-0.25, -0.2) is 0 Å². The molecule has 78 valence electrons. The highest BCUT2D eigenvalue weighted by atomic mass is 16.7. The van der Waals surface area contributed by atoms with Crippen molar-refractivity contribution in [3.8, 4) is 0 Å². The molecular weight excluding hydrogens is 168 g/mol. The summed E-state index contributed by atoms with van der Waals surface area (Å²) >= 11 is 0. The van der Waals surface area contributed by atoms with E-state index in [0.29, 0.717) is 0 Å². The Kier molecular flexibility index (Phi) is 4.70. The second-order valence-electron chi connectivity index (χ2n) is 3.61. The van der Waals surface area contributed by atoms with Gasteiger partial charge in [-0.3, -0.25) is 0 Å². The monoisotopic (exact) mass is 188 g/mol. The van der Waals surface area contributed by atoms with Crippen molar-refractivity contribution in [2.75, 3.05) is 6.61 Å². The first-order valence-corrected chi connectivity index (χ1v) is 5.19. The first kappa shape index (κ1) is 11.0. The molecule has 0 bridgehead atoms. The van der Waals surface area contributed by atoms with Crippen LogP contribution in [0.4, 0.5) is 0 Å². The molecule has 0 saturated carbocycles. The minimum atomic E-state index is -0.370. The summed E-state index contributed by atoms with van der Waals surface area (Å²) in [5, 5.41) is 9.48. The van der Waals surface area contributed by atoms with E-state index >= 15 is 0 Å². The highest BCUT2D eigenvalue weighted by Gasteiger charge is 2.20. The Morgan fingerprint density at radius 2 is 2.31 bits per heavy atom. The van der Waals surface area contributed by atoms with Gasteiger partial charge >= 0.3 is 0 Å².